The minimum atomic E-state index is -0.469. The van der Waals surface area contributed by atoms with Crippen LogP contribution in [0.5, 0.6) is 0 Å². The third kappa shape index (κ3) is 6.44. The summed E-state index contributed by atoms with van der Waals surface area (Å²) in [6, 6.07) is 0. The van der Waals surface area contributed by atoms with Crippen molar-refractivity contribution in [1.82, 2.24) is 0 Å². The predicted octanol–water partition coefficient (Wildman–Crippen LogP) is 5.26. The van der Waals surface area contributed by atoms with E-state index >= 15 is 0 Å². The second-order valence-corrected chi connectivity index (χ2v) is 9.88. The number of ether oxygens (including phenoxy) is 2. The van der Waals surface area contributed by atoms with Crippen molar-refractivity contribution in [2.45, 2.75) is 67.2 Å². The lowest BCUT2D eigenvalue weighted by atomic mass is 10.1. The van der Waals surface area contributed by atoms with Gasteiger partial charge in [0.1, 0.15) is 10.0 Å². The number of hydrogen-bond donors (Lipinski definition) is 2. The molecule has 0 saturated heterocycles. The van der Waals surface area contributed by atoms with Crippen LogP contribution in [0.1, 0.15) is 82.1 Å². The van der Waals surface area contributed by atoms with Gasteiger partial charge < -0.3 is 20.1 Å². The number of carbonyl (C=O) groups excluding carboxylic acids is 4. The van der Waals surface area contributed by atoms with Gasteiger partial charge in [0.25, 0.3) is 0 Å². The second kappa shape index (κ2) is 12.7. The van der Waals surface area contributed by atoms with E-state index in [1.54, 1.807) is 13.8 Å². The number of thiophene rings is 2. The Bertz CT molecular complexity index is 986. The maximum atomic E-state index is 12.6. The Morgan fingerprint density at radius 3 is 1.32 bits per heavy atom. The Kier molecular flexibility index (Phi) is 10.2. The van der Waals surface area contributed by atoms with Gasteiger partial charge in [-0.1, -0.05) is 13.8 Å². The molecule has 2 rings (SSSR count). The van der Waals surface area contributed by atoms with Crippen molar-refractivity contribution < 1.29 is 28.7 Å². The first-order valence-electron chi connectivity index (χ1n) is 11.4. The number of carbonyl (C=O) groups is 4. The van der Waals surface area contributed by atoms with Crippen molar-refractivity contribution in [1.29, 1.82) is 0 Å². The molecule has 2 heterocycles. The van der Waals surface area contributed by atoms with E-state index in [1.807, 2.05) is 27.7 Å². The molecular formula is C24H32N2O6S2. The third-order valence-corrected chi connectivity index (χ3v) is 7.29. The lowest BCUT2D eigenvalue weighted by molar-refractivity contribution is -0.121. The van der Waals surface area contributed by atoms with Gasteiger partial charge in [0.05, 0.1) is 24.3 Å². The molecule has 0 fully saturated rings. The highest BCUT2D eigenvalue weighted by Crippen LogP contribution is 2.35. The molecule has 0 unspecified atom stereocenters. The van der Waals surface area contributed by atoms with Crippen molar-refractivity contribution in [2.75, 3.05) is 23.8 Å². The standard InChI is InChI=1S/C24H32N2O6S2/c1-7-15-13(5)33-21(19(15)23(29)31-9-3)25-17(27)11-12-18(28)26-22-20(24(30)32-10-4)16(8-2)14(6)34-22/h7-12H2,1-6H3,(H,25,27)(H,26,28). The fourth-order valence-electron chi connectivity index (χ4n) is 3.63. The molecule has 0 atom stereocenters. The molecule has 0 aliphatic carbocycles. The molecule has 186 valence electrons. The monoisotopic (exact) mass is 508 g/mol. The highest BCUT2D eigenvalue weighted by Gasteiger charge is 2.25. The Labute approximate surface area is 208 Å². The molecule has 8 nitrogen and oxygen atoms in total. The van der Waals surface area contributed by atoms with Crippen LogP contribution in [0, 0.1) is 13.8 Å². The molecule has 0 saturated carbocycles. The molecular weight excluding hydrogens is 476 g/mol. The van der Waals surface area contributed by atoms with Crippen LogP contribution in [0.3, 0.4) is 0 Å². The highest BCUT2D eigenvalue weighted by molar-refractivity contribution is 7.17. The van der Waals surface area contributed by atoms with Crippen molar-refractivity contribution in [3.8, 4) is 0 Å². The van der Waals surface area contributed by atoms with Crippen molar-refractivity contribution >= 4 is 56.4 Å². The topological polar surface area (TPSA) is 111 Å². The predicted molar refractivity (Wildman–Crippen MR) is 135 cm³/mol. The molecule has 0 aliphatic rings. The number of aryl methyl sites for hydroxylation is 2. The van der Waals surface area contributed by atoms with Gasteiger partial charge >= 0.3 is 11.9 Å². The summed E-state index contributed by atoms with van der Waals surface area (Å²) in [5.41, 5.74) is 2.46. The zero-order valence-corrected chi connectivity index (χ0v) is 22.1. The Morgan fingerprint density at radius 2 is 1.03 bits per heavy atom. The molecule has 0 bridgehead atoms. The molecule has 0 radical (unpaired) electrons. The number of nitrogens with one attached hydrogen (secondary N) is 2. The van der Waals surface area contributed by atoms with Crippen LogP contribution >= 0.6 is 22.7 Å². The van der Waals surface area contributed by atoms with Crippen molar-refractivity contribution in [3.05, 3.63) is 32.0 Å². The van der Waals surface area contributed by atoms with Gasteiger partial charge in [0.2, 0.25) is 11.8 Å². The molecule has 0 spiro atoms. The fourth-order valence-corrected chi connectivity index (χ4v) is 5.93. The first kappa shape index (κ1) is 27.5. The number of esters is 2. The number of hydrogen-bond acceptors (Lipinski definition) is 8. The molecule has 2 amide bonds. The van der Waals surface area contributed by atoms with Gasteiger partial charge in [-0.2, -0.15) is 0 Å². The summed E-state index contributed by atoms with van der Waals surface area (Å²) >= 11 is 2.64. The highest BCUT2D eigenvalue weighted by atomic mass is 32.1. The van der Waals surface area contributed by atoms with Crippen molar-refractivity contribution in [3.63, 3.8) is 0 Å². The van der Waals surface area contributed by atoms with E-state index in [4.69, 9.17) is 9.47 Å². The Morgan fingerprint density at radius 1 is 0.676 bits per heavy atom. The van der Waals surface area contributed by atoms with Crippen LogP contribution in [-0.2, 0) is 31.9 Å². The van der Waals surface area contributed by atoms with Crippen LogP contribution in [0.4, 0.5) is 10.0 Å². The average Bonchev–Trinajstić information content (AvgIpc) is 3.27. The summed E-state index contributed by atoms with van der Waals surface area (Å²) in [6.45, 7) is 11.6. The van der Waals surface area contributed by atoms with Gasteiger partial charge in [-0.25, -0.2) is 9.59 Å². The molecule has 34 heavy (non-hydrogen) atoms. The summed E-state index contributed by atoms with van der Waals surface area (Å²) in [6.07, 6.45) is 1.12. The number of amides is 2. The normalized spacial score (nSPS) is 10.6. The smallest absolute Gasteiger partial charge is 0.341 e. The number of anilines is 2. The number of rotatable bonds is 11. The summed E-state index contributed by atoms with van der Waals surface area (Å²) in [4.78, 5) is 51.9. The van der Waals surface area contributed by atoms with E-state index in [-0.39, 0.29) is 37.9 Å². The van der Waals surface area contributed by atoms with Crippen LogP contribution in [0.15, 0.2) is 0 Å². The lowest BCUT2D eigenvalue weighted by Gasteiger charge is -2.09. The Hall–Kier alpha value is -2.72. The fraction of sp³-hybridized carbons (Fsp3) is 0.500. The van der Waals surface area contributed by atoms with Crippen LogP contribution in [0.25, 0.3) is 0 Å². The minimum Gasteiger partial charge on any atom is -0.462 e. The first-order valence-corrected chi connectivity index (χ1v) is 13.0. The Balaban J connectivity index is 2.08. The lowest BCUT2D eigenvalue weighted by Crippen LogP contribution is -2.19. The SMILES string of the molecule is CCOC(=O)c1c(NC(=O)CCC(=O)Nc2sc(C)c(CC)c2C(=O)OCC)sc(C)c1CC. The first-order chi connectivity index (χ1) is 16.2. The van der Waals surface area contributed by atoms with Crippen LogP contribution in [-0.4, -0.2) is 37.0 Å². The van der Waals surface area contributed by atoms with Gasteiger partial charge in [-0.15, -0.1) is 22.7 Å². The summed E-state index contributed by atoms with van der Waals surface area (Å²) < 4.78 is 10.3. The van der Waals surface area contributed by atoms with Gasteiger partial charge in [0.15, 0.2) is 0 Å². The van der Waals surface area contributed by atoms with E-state index in [0.717, 1.165) is 20.9 Å². The van der Waals surface area contributed by atoms with E-state index in [2.05, 4.69) is 10.6 Å². The van der Waals surface area contributed by atoms with Crippen LogP contribution < -0.4 is 10.6 Å². The summed E-state index contributed by atoms with van der Waals surface area (Å²) in [5.74, 6) is -1.70. The van der Waals surface area contributed by atoms with E-state index < -0.39 is 11.9 Å². The molecule has 10 heteroatoms. The van der Waals surface area contributed by atoms with E-state index in [1.165, 1.54) is 22.7 Å². The molecule has 0 aliphatic heterocycles. The zero-order valence-electron chi connectivity index (χ0n) is 20.5. The maximum absolute atomic E-state index is 12.6. The van der Waals surface area contributed by atoms with Gasteiger partial charge in [-0.05, 0) is 51.7 Å². The summed E-state index contributed by atoms with van der Waals surface area (Å²) in [7, 11) is 0. The van der Waals surface area contributed by atoms with E-state index in [0.29, 0.717) is 34.0 Å². The zero-order chi connectivity index (χ0) is 25.4. The minimum absolute atomic E-state index is 0.0771. The molecule has 0 aromatic carbocycles. The van der Waals surface area contributed by atoms with Crippen molar-refractivity contribution in [2.24, 2.45) is 0 Å². The quantitative estimate of drug-likeness (QED) is 0.401. The largest absolute Gasteiger partial charge is 0.462 e. The van der Waals surface area contributed by atoms with Crippen LogP contribution in [0.2, 0.25) is 0 Å². The van der Waals surface area contributed by atoms with Gasteiger partial charge in [0, 0.05) is 22.6 Å². The summed E-state index contributed by atoms with van der Waals surface area (Å²) in [5, 5.41) is 6.39. The second-order valence-electron chi connectivity index (χ2n) is 7.43. The maximum Gasteiger partial charge on any atom is 0.341 e. The molecule has 2 aromatic heterocycles. The third-order valence-electron chi connectivity index (χ3n) is 5.17. The molecule has 2 N–H and O–H groups in total. The van der Waals surface area contributed by atoms with Gasteiger partial charge in [-0.3, -0.25) is 9.59 Å². The average molecular weight is 509 g/mol. The molecule has 2 aromatic rings. The van der Waals surface area contributed by atoms with E-state index in [9.17, 15) is 19.2 Å².